The summed E-state index contributed by atoms with van der Waals surface area (Å²) in [7, 11) is 1.97. The van der Waals surface area contributed by atoms with Gasteiger partial charge in [0.15, 0.2) is 0 Å². The molecule has 2 N–H and O–H groups in total. The average Bonchev–Trinajstić information content (AvgIpc) is 2.59. The van der Waals surface area contributed by atoms with Gasteiger partial charge in [-0.05, 0) is 19.3 Å². The van der Waals surface area contributed by atoms with Gasteiger partial charge in [-0.25, -0.2) is 0 Å². The lowest BCUT2D eigenvalue weighted by molar-refractivity contribution is -0.127. The van der Waals surface area contributed by atoms with E-state index in [4.69, 9.17) is 0 Å². The van der Waals surface area contributed by atoms with Crippen molar-refractivity contribution in [3.8, 4) is 0 Å². The van der Waals surface area contributed by atoms with E-state index in [1.807, 2.05) is 17.9 Å². The third-order valence-corrected chi connectivity index (χ3v) is 3.84. The second-order valence-electron chi connectivity index (χ2n) is 4.98. The summed E-state index contributed by atoms with van der Waals surface area (Å²) in [6.45, 7) is 1.64. The van der Waals surface area contributed by atoms with Crippen molar-refractivity contribution >= 4 is 18.3 Å². The molecular weight excluding hydrogens is 252 g/mol. The Balaban J connectivity index is 0.00000120. The van der Waals surface area contributed by atoms with E-state index in [9.17, 15) is 4.79 Å². The normalized spacial score (nSPS) is 22.6. The van der Waals surface area contributed by atoms with Gasteiger partial charge in [0.1, 0.15) is 0 Å². The van der Waals surface area contributed by atoms with Gasteiger partial charge in [-0.15, -0.1) is 12.4 Å². The fourth-order valence-electron chi connectivity index (χ4n) is 2.62. The number of carbonyl (C=O) groups is 1. The van der Waals surface area contributed by atoms with Crippen molar-refractivity contribution < 1.29 is 4.79 Å². The Morgan fingerprint density at radius 1 is 1.56 bits per heavy atom. The van der Waals surface area contributed by atoms with Crippen LogP contribution in [0.4, 0.5) is 0 Å². The van der Waals surface area contributed by atoms with Crippen LogP contribution in [0, 0.1) is 5.92 Å². The molecule has 1 aromatic heterocycles. The highest BCUT2D eigenvalue weighted by molar-refractivity contribution is 5.85. The topological polar surface area (TPSA) is 59.0 Å². The summed E-state index contributed by atoms with van der Waals surface area (Å²) in [5.74, 6) is 0.350. The number of rotatable bonds is 2. The van der Waals surface area contributed by atoms with Crippen LogP contribution in [0.3, 0.4) is 0 Å². The van der Waals surface area contributed by atoms with E-state index >= 15 is 0 Å². The van der Waals surface area contributed by atoms with Gasteiger partial charge in [-0.2, -0.15) is 5.10 Å². The van der Waals surface area contributed by atoms with Crippen LogP contribution in [0.25, 0.3) is 0 Å². The maximum Gasteiger partial charge on any atom is 0.226 e. The van der Waals surface area contributed by atoms with Crippen LogP contribution in [0.15, 0.2) is 6.20 Å². The summed E-state index contributed by atoms with van der Waals surface area (Å²) < 4.78 is 1.93. The van der Waals surface area contributed by atoms with Crippen molar-refractivity contribution in [3.05, 3.63) is 17.5 Å². The third-order valence-electron chi connectivity index (χ3n) is 3.84. The molecule has 2 heterocycles. The molecule has 5 nitrogen and oxygen atoms in total. The Morgan fingerprint density at radius 2 is 2.33 bits per heavy atom. The molecule has 1 saturated heterocycles. The molecule has 0 spiro atoms. The number of fused-ring (bicyclic) bond motifs is 1. The maximum absolute atomic E-state index is 11.9. The van der Waals surface area contributed by atoms with Gasteiger partial charge in [0, 0.05) is 31.4 Å². The summed E-state index contributed by atoms with van der Waals surface area (Å²) in [4.78, 5) is 11.9. The van der Waals surface area contributed by atoms with Crippen LogP contribution in [0.5, 0.6) is 0 Å². The highest BCUT2D eigenvalue weighted by Gasteiger charge is 2.29. The highest BCUT2D eigenvalue weighted by atomic mass is 35.5. The van der Waals surface area contributed by atoms with E-state index in [2.05, 4.69) is 15.7 Å². The summed E-state index contributed by atoms with van der Waals surface area (Å²) in [6, 6.07) is 0.167. The largest absolute Gasteiger partial charge is 0.349 e. The zero-order chi connectivity index (χ0) is 11.8. The minimum absolute atomic E-state index is 0. The van der Waals surface area contributed by atoms with E-state index in [1.165, 1.54) is 11.3 Å². The van der Waals surface area contributed by atoms with Gasteiger partial charge in [-0.1, -0.05) is 0 Å². The van der Waals surface area contributed by atoms with Gasteiger partial charge in [-0.3, -0.25) is 9.48 Å². The van der Waals surface area contributed by atoms with Crippen molar-refractivity contribution in [3.63, 3.8) is 0 Å². The fraction of sp³-hybridized carbons (Fsp3) is 0.667. The first-order valence-electron chi connectivity index (χ1n) is 6.27. The van der Waals surface area contributed by atoms with E-state index in [-0.39, 0.29) is 30.3 Å². The monoisotopic (exact) mass is 270 g/mol. The van der Waals surface area contributed by atoms with Crippen LogP contribution in [-0.4, -0.2) is 28.8 Å². The van der Waals surface area contributed by atoms with Crippen LogP contribution < -0.4 is 10.6 Å². The molecule has 1 aliphatic carbocycles. The first-order valence-corrected chi connectivity index (χ1v) is 6.27. The number of nitrogens with one attached hydrogen (secondary N) is 2. The van der Waals surface area contributed by atoms with Crippen molar-refractivity contribution in [2.75, 3.05) is 13.1 Å². The Bertz CT molecular complexity index is 441. The van der Waals surface area contributed by atoms with Crippen LogP contribution >= 0.6 is 12.4 Å². The zero-order valence-electron chi connectivity index (χ0n) is 10.5. The van der Waals surface area contributed by atoms with Crippen molar-refractivity contribution in [1.29, 1.82) is 0 Å². The number of hydrogen-bond acceptors (Lipinski definition) is 3. The molecule has 2 aliphatic rings. The molecule has 1 unspecified atom stereocenters. The summed E-state index contributed by atoms with van der Waals surface area (Å²) in [5.41, 5.74) is 2.48. The molecule has 3 rings (SSSR count). The molecule has 1 aromatic rings. The lowest BCUT2D eigenvalue weighted by Crippen LogP contribution is -2.51. The molecule has 0 bridgehead atoms. The molecular formula is C12H19ClN4O. The van der Waals surface area contributed by atoms with Gasteiger partial charge in [0.2, 0.25) is 5.91 Å². The minimum atomic E-state index is 0. The van der Waals surface area contributed by atoms with Gasteiger partial charge >= 0.3 is 0 Å². The number of hydrogen-bond donors (Lipinski definition) is 2. The summed E-state index contributed by atoms with van der Waals surface area (Å²) in [6.07, 6.45) is 5.13. The first kappa shape index (κ1) is 13.4. The Morgan fingerprint density at radius 3 is 3.00 bits per heavy atom. The van der Waals surface area contributed by atoms with E-state index < -0.39 is 0 Å². The maximum atomic E-state index is 11.9. The van der Waals surface area contributed by atoms with Crippen molar-refractivity contribution in [2.45, 2.75) is 25.3 Å². The van der Waals surface area contributed by atoms with Gasteiger partial charge in [0.25, 0.3) is 0 Å². The standard InChI is InChI=1S/C12H18N4O.ClH/c1-16-11-4-2-3-10(9(11)7-14-16)15-12(17)8-5-13-6-8;/h7-8,10,13H,2-6H2,1H3,(H,15,17);1H. The van der Waals surface area contributed by atoms with Gasteiger partial charge in [0.05, 0.1) is 18.2 Å². The lowest BCUT2D eigenvalue weighted by Gasteiger charge is -2.30. The van der Waals surface area contributed by atoms with E-state index in [0.717, 1.165) is 32.4 Å². The number of amides is 1. The quantitative estimate of drug-likeness (QED) is 0.825. The number of carbonyl (C=O) groups excluding carboxylic acids is 1. The summed E-state index contributed by atoms with van der Waals surface area (Å²) >= 11 is 0. The average molecular weight is 271 g/mol. The molecule has 18 heavy (non-hydrogen) atoms. The van der Waals surface area contributed by atoms with Crippen molar-refractivity contribution in [2.24, 2.45) is 13.0 Å². The Hall–Kier alpha value is -1.07. The lowest BCUT2D eigenvalue weighted by atomic mass is 9.92. The van der Waals surface area contributed by atoms with E-state index in [0.29, 0.717) is 0 Å². The predicted octanol–water partition coefficient (Wildman–Crippen LogP) is 0.555. The van der Waals surface area contributed by atoms with Crippen LogP contribution in [0.1, 0.15) is 30.1 Å². The minimum Gasteiger partial charge on any atom is -0.349 e. The SMILES string of the molecule is Cl.Cn1ncc2c1CCCC2NC(=O)C1CNC1. The molecule has 0 radical (unpaired) electrons. The second-order valence-corrected chi connectivity index (χ2v) is 4.98. The van der Waals surface area contributed by atoms with Crippen LogP contribution in [0.2, 0.25) is 0 Å². The van der Waals surface area contributed by atoms with E-state index in [1.54, 1.807) is 0 Å². The number of aryl methyl sites for hydroxylation is 1. The molecule has 1 aliphatic heterocycles. The Kier molecular flexibility index (Phi) is 3.92. The highest BCUT2D eigenvalue weighted by Crippen LogP contribution is 2.29. The predicted molar refractivity (Wildman–Crippen MR) is 70.6 cm³/mol. The molecule has 1 atom stereocenters. The molecule has 1 fully saturated rings. The van der Waals surface area contributed by atoms with Crippen molar-refractivity contribution in [1.82, 2.24) is 20.4 Å². The molecule has 1 amide bonds. The first-order chi connectivity index (χ1) is 8.25. The molecule has 0 aromatic carbocycles. The fourth-order valence-corrected chi connectivity index (χ4v) is 2.62. The zero-order valence-corrected chi connectivity index (χ0v) is 11.3. The van der Waals surface area contributed by atoms with Gasteiger partial charge < -0.3 is 10.6 Å². The smallest absolute Gasteiger partial charge is 0.226 e. The summed E-state index contributed by atoms with van der Waals surface area (Å²) in [5, 5.41) is 10.6. The van der Waals surface area contributed by atoms with Crippen LogP contribution in [-0.2, 0) is 18.3 Å². The third kappa shape index (κ3) is 2.24. The molecule has 100 valence electrons. The molecule has 6 heteroatoms. The second kappa shape index (κ2) is 5.28. The molecule has 0 saturated carbocycles. The number of nitrogens with zero attached hydrogens (tertiary/aromatic N) is 2. The number of aromatic nitrogens is 2. The number of halogens is 1. The Labute approximate surface area is 113 Å².